The molecule has 0 atom stereocenters. The highest BCUT2D eigenvalue weighted by Crippen LogP contribution is 2.31. The molecule has 0 bridgehead atoms. The summed E-state index contributed by atoms with van der Waals surface area (Å²) in [5.74, 6) is -0.152. The summed E-state index contributed by atoms with van der Waals surface area (Å²) in [5, 5.41) is 18.1. The van der Waals surface area contributed by atoms with Gasteiger partial charge < -0.3 is 4.42 Å². The molecule has 0 radical (unpaired) electrons. The van der Waals surface area contributed by atoms with Gasteiger partial charge in [0, 0.05) is 22.2 Å². The second-order valence-corrected chi connectivity index (χ2v) is 7.52. The number of furan rings is 1. The number of aromatic nitrogens is 2. The molecule has 4 aromatic rings. The van der Waals surface area contributed by atoms with Crippen LogP contribution in [0, 0.1) is 10.1 Å². The van der Waals surface area contributed by atoms with Gasteiger partial charge in [-0.05, 0) is 36.4 Å². The number of nitro groups is 1. The molecule has 30 heavy (non-hydrogen) atoms. The van der Waals surface area contributed by atoms with Crippen molar-refractivity contribution in [3.63, 3.8) is 0 Å². The molecule has 4 rings (SSSR count). The molecule has 0 saturated heterocycles. The van der Waals surface area contributed by atoms with E-state index < -0.39 is 4.92 Å². The Hall–Kier alpha value is -3.27. The Balaban J connectivity index is 1.85. The second-order valence-electron chi connectivity index (χ2n) is 5.84. The highest BCUT2D eigenvalue weighted by molar-refractivity contribution is 7.07. The molecule has 0 spiro atoms. The fraction of sp³-hybridized carbons (Fsp3) is 0. The van der Waals surface area contributed by atoms with E-state index in [4.69, 9.17) is 27.6 Å². The molecule has 3 heterocycles. The molecule has 0 aliphatic rings. The van der Waals surface area contributed by atoms with Gasteiger partial charge in [0.25, 0.3) is 0 Å². The predicted molar refractivity (Wildman–Crippen MR) is 116 cm³/mol. The topological polar surface area (TPSA) is 98.8 Å². The normalized spacial score (nSPS) is 12.0. The van der Waals surface area contributed by atoms with E-state index in [9.17, 15) is 10.1 Å². The summed E-state index contributed by atoms with van der Waals surface area (Å²) in [6, 6.07) is 11.4. The lowest BCUT2D eigenvalue weighted by atomic mass is 10.2. The number of hydrogen-bond donors (Lipinski definition) is 0. The molecule has 3 aromatic heterocycles. The first-order valence-corrected chi connectivity index (χ1v) is 10.0. The third kappa shape index (κ3) is 4.33. The lowest BCUT2D eigenvalue weighted by molar-refractivity contribution is -0.402. The van der Waals surface area contributed by atoms with Crippen LogP contribution in [0.25, 0.3) is 11.3 Å². The minimum absolute atomic E-state index is 0.218. The monoisotopic (exact) mass is 459 g/mol. The van der Waals surface area contributed by atoms with Crippen LogP contribution in [0.2, 0.25) is 10.0 Å². The maximum atomic E-state index is 10.8. The van der Waals surface area contributed by atoms with Crippen molar-refractivity contribution in [1.29, 1.82) is 0 Å². The maximum absolute atomic E-state index is 10.8. The van der Waals surface area contributed by atoms with E-state index >= 15 is 0 Å². The molecule has 0 aliphatic carbocycles. The average Bonchev–Trinajstić information content (AvgIpc) is 3.36. The summed E-state index contributed by atoms with van der Waals surface area (Å²) >= 11 is 13.9. The molecule has 150 valence electrons. The molecular formula is C19H11Cl2N5O3S. The Morgan fingerprint density at radius 3 is 2.83 bits per heavy atom. The van der Waals surface area contributed by atoms with E-state index in [-0.39, 0.29) is 11.6 Å². The van der Waals surface area contributed by atoms with Crippen LogP contribution in [0.15, 0.2) is 74.7 Å². The first-order valence-electron chi connectivity index (χ1n) is 8.40. The van der Waals surface area contributed by atoms with Crippen LogP contribution < -0.4 is 4.80 Å². The number of hydrogen-bond acceptors (Lipinski definition) is 7. The highest BCUT2D eigenvalue weighted by Gasteiger charge is 2.13. The van der Waals surface area contributed by atoms with Gasteiger partial charge in [0.05, 0.1) is 34.9 Å². The molecule has 0 aliphatic heterocycles. The van der Waals surface area contributed by atoms with Crippen LogP contribution in [-0.2, 0) is 0 Å². The van der Waals surface area contributed by atoms with Crippen molar-refractivity contribution >= 4 is 52.3 Å². The Morgan fingerprint density at radius 1 is 1.23 bits per heavy atom. The van der Waals surface area contributed by atoms with Crippen LogP contribution in [0.4, 0.5) is 11.6 Å². The van der Waals surface area contributed by atoms with Gasteiger partial charge in [-0.15, -0.1) is 11.3 Å². The Kier molecular flexibility index (Phi) is 5.75. The van der Waals surface area contributed by atoms with Crippen LogP contribution in [0.5, 0.6) is 0 Å². The summed E-state index contributed by atoms with van der Waals surface area (Å²) in [6.45, 7) is 0. The zero-order chi connectivity index (χ0) is 21.1. The number of halogens is 2. The van der Waals surface area contributed by atoms with Gasteiger partial charge in [-0.25, -0.2) is 9.67 Å². The Bertz CT molecular complexity index is 1310. The minimum atomic E-state index is -0.616. The molecule has 0 saturated carbocycles. The van der Waals surface area contributed by atoms with Crippen LogP contribution >= 0.6 is 34.5 Å². The average molecular weight is 460 g/mol. The molecule has 0 amide bonds. The number of thiazole rings is 1. The molecule has 11 heteroatoms. The Labute approximate surface area is 183 Å². The third-order valence-corrected chi connectivity index (χ3v) is 5.23. The summed E-state index contributed by atoms with van der Waals surface area (Å²) < 4.78 is 6.70. The van der Waals surface area contributed by atoms with Crippen LogP contribution in [-0.4, -0.2) is 20.8 Å². The SMILES string of the molecule is O=[N+]([O-])c1ccc(C=Nn2c(-c3cc(Cl)ccc3Cl)csc2=Nc2cccnc2)o1. The molecule has 0 fully saturated rings. The van der Waals surface area contributed by atoms with E-state index in [0.717, 1.165) is 0 Å². The number of pyridine rings is 1. The van der Waals surface area contributed by atoms with Crippen molar-refractivity contribution in [3.8, 4) is 11.3 Å². The van der Waals surface area contributed by atoms with Gasteiger partial charge in [-0.1, -0.05) is 23.2 Å². The zero-order valence-corrected chi connectivity index (χ0v) is 17.3. The van der Waals surface area contributed by atoms with Gasteiger partial charge in [-0.2, -0.15) is 5.10 Å². The number of nitrogens with zero attached hydrogens (tertiary/aromatic N) is 5. The highest BCUT2D eigenvalue weighted by atomic mass is 35.5. The van der Waals surface area contributed by atoms with Gasteiger partial charge in [0.15, 0.2) is 5.76 Å². The summed E-state index contributed by atoms with van der Waals surface area (Å²) in [4.78, 5) is 19.4. The molecular weight excluding hydrogens is 449 g/mol. The lowest BCUT2D eigenvalue weighted by Crippen LogP contribution is -2.11. The first-order chi connectivity index (χ1) is 14.5. The smallest absolute Gasteiger partial charge is 0.400 e. The number of rotatable bonds is 5. The van der Waals surface area contributed by atoms with E-state index in [0.29, 0.717) is 31.8 Å². The van der Waals surface area contributed by atoms with Gasteiger partial charge in [0.1, 0.15) is 4.92 Å². The van der Waals surface area contributed by atoms with Gasteiger partial charge >= 0.3 is 5.88 Å². The van der Waals surface area contributed by atoms with Crippen molar-refractivity contribution in [2.45, 2.75) is 0 Å². The summed E-state index contributed by atoms with van der Waals surface area (Å²) in [6.07, 6.45) is 4.64. The fourth-order valence-corrected chi connectivity index (χ4v) is 3.76. The molecule has 8 nitrogen and oxygen atoms in total. The zero-order valence-electron chi connectivity index (χ0n) is 15.0. The lowest BCUT2D eigenvalue weighted by Gasteiger charge is -2.06. The standard InChI is InChI=1S/C19H11Cl2N5O3S/c20-12-3-5-16(21)15(8-12)17-11-30-19(24-13-2-1-7-22-9-13)25(17)23-10-14-4-6-18(29-14)26(27)28/h1-11H. The first kappa shape index (κ1) is 20.0. The summed E-state index contributed by atoms with van der Waals surface area (Å²) in [7, 11) is 0. The fourth-order valence-electron chi connectivity index (χ4n) is 2.52. The molecule has 0 unspecified atom stereocenters. The largest absolute Gasteiger partial charge is 0.433 e. The third-order valence-electron chi connectivity index (χ3n) is 3.85. The van der Waals surface area contributed by atoms with Crippen molar-refractivity contribution in [3.05, 3.63) is 91.0 Å². The molecule has 1 aromatic carbocycles. The predicted octanol–water partition coefficient (Wildman–Crippen LogP) is 5.53. The van der Waals surface area contributed by atoms with E-state index in [1.165, 1.54) is 29.7 Å². The van der Waals surface area contributed by atoms with Gasteiger partial charge in [-0.3, -0.25) is 15.1 Å². The maximum Gasteiger partial charge on any atom is 0.433 e. The number of benzene rings is 1. The van der Waals surface area contributed by atoms with E-state index in [1.54, 1.807) is 41.3 Å². The Morgan fingerprint density at radius 2 is 2.10 bits per heavy atom. The van der Waals surface area contributed by atoms with Crippen LogP contribution in [0.3, 0.4) is 0 Å². The van der Waals surface area contributed by atoms with Crippen molar-refractivity contribution in [2.75, 3.05) is 0 Å². The van der Waals surface area contributed by atoms with E-state index in [2.05, 4.69) is 15.1 Å². The minimum Gasteiger partial charge on any atom is -0.400 e. The quantitative estimate of drug-likeness (QED) is 0.222. The van der Waals surface area contributed by atoms with Crippen molar-refractivity contribution in [2.24, 2.45) is 10.1 Å². The summed E-state index contributed by atoms with van der Waals surface area (Å²) in [5.41, 5.74) is 1.95. The van der Waals surface area contributed by atoms with Crippen molar-refractivity contribution < 1.29 is 9.34 Å². The molecule has 0 N–H and O–H groups in total. The second kappa shape index (κ2) is 8.62. The van der Waals surface area contributed by atoms with Crippen molar-refractivity contribution in [1.82, 2.24) is 9.66 Å². The van der Waals surface area contributed by atoms with Gasteiger partial charge in [0.2, 0.25) is 4.80 Å². The van der Waals surface area contributed by atoms with E-state index in [1.807, 2.05) is 11.4 Å². The van der Waals surface area contributed by atoms with Crippen LogP contribution in [0.1, 0.15) is 5.76 Å².